The predicted molar refractivity (Wildman–Crippen MR) is 116 cm³/mol. The third-order valence-corrected chi connectivity index (χ3v) is 5.71. The lowest BCUT2D eigenvalue weighted by Crippen LogP contribution is -2.36. The molecule has 1 aliphatic rings. The largest absolute Gasteiger partial charge is 0.493 e. The van der Waals surface area contributed by atoms with Gasteiger partial charge in [-0.2, -0.15) is 0 Å². The zero-order valence-electron chi connectivity index (χ0n) is 17.5. The maximum atomic E-state index is 13.3. The molecular weight excluding hydrogens is 420 g/mol. The Hall–Kier alpha value is -3.03. The second kappa shape index (κ2) is 8.61. The second-order valence-electron chi connectivity index (χ2n) is 7.41. The van der Waals surface area contributed by atoms with Gasteiger partial charge in [0, 0.05) is 23.7 Å². The molecule has 0 fully saturated rings. The smallest absolute Gasteiger partial charge is 0.293 e. The summed E-state index contributed by atoms with van der Waals surface area (Å²) in [5.74, 6) is 1.01. The standard InChI is InChI=1S/C23H23ClN2O5/c1-13(27)20-21(14-4-6-17(24)7-5-14)25-31-22(20)23(28)26-9-8-15-10-18(29-2)19(30-3)11-16(15)12-26/h4-7,10-11,13,27H,8-9,12H2,1-3H3/t13-/m0/s1. The van der Waals surface area contributed by atoms with Crippen molar-refractivity contribution >= 4 is 17.5 Å². The average Bonchev–Trinajstić information content (AvgIpc) is 3.23. The van der Waals surface area contributed by atoms with Crippen molar-refractivity contribution in [3.8, 4) is 22.8 Å². The summed E-state index contributed by atoms with van der Waals surface area (Å²) in [7, 11) is 3.18. The van der Waals surface area contributed by atoms with E-state index in [2.05, 4.69) is 5.16 Å². The first-order chi connectivity index (χ1) is 14.9. The predicted octanol–water partition coefficient (Wildman–Crippen LogP) is 4.26. The fourth-order valence-corrected chi connectivity index (χ4v) is 3.98. The Morgan fingerprint density at radius 3 is 2.42 bits per heavy atom. The van der Waals surface area contributed by atoms with Crippen molar-refractivity contribution in [2.75, 3.05) is 20.8 Å². The molecule has 0 saturated heterocycles. The van der Waals surface area contributed by atoms with Crippen molar-refractivity contribution < 1.29 is 23.9 Å². The molecule has 1 aliphatic heterocycles. The average molecular weight is 443 g/mol. The van der Waals surface area contributed by atoms with Gasteiger partial charge in [-0.3, -0.25) is 4.79 Å². The highest BCUT2D eigenvalue weighted by atomic mass is 35.5. The highest BCUT2D eigenvalue weighted by Gasteiger charge is 2.31. The molecule has 1 aromatic heterocycles. The molecule has 1 N–H and O–H groups in total. The Balaban J connectivity index is 1.65. The summed E-state index contributed by atoms with van der Waals surface area (Å²) in [4.78, 5) is 15.0. The molecule has 0 unspecified atom stereocenters. The number of carbonyl (C=O) groups is 1. The molecule has 0 radical (unpaired) electrons. The van der Waals surface area contributed by atoms with E-state index in [1.54, 1.807) is 50.3 Å². The van der Waals surface area contributed by atoms with Crippen LogP contribution < -0.4 is 9.47 Å². The number of carbonyl (C=O) groups excluding carboxylic acids is 1. The molecule has 0 bridgehead atoms. The Kier molecular flexibility index (Phi) is 5.89. The summed E-state index contributed by atoms with van der Waals surface area (Å²) in [5.41, 5.74) is 3.60. The van der Waals surface area contributed by atoms with E-state index in [4.69, 9.17) is 25.6 Å². The van der Waals surface area contributed by atoms with Gasteiger partial charge in [0.2, 0.25) is 5.76 Å². The Morgan fingerprint density at radius 2 is 1.81 bits per heavy atom. The zero-order valence-corrected chi connectivity index (χ0v) is 18.3. The first-order valence-electron chi connectivity index (χ1n) is 9.89. The molecule has 0 aliphatic carbocycles. The van der Waals surface area contributed by atoms with E-state index in [0.29, 0.717) is 52.9 Å². The Bertz CT molecular complexity index is 1110. The van der Waals surface area contributed by atoms with E-state index < -0.39 is 6.10 Å². The van der Waals surface area contributed by atoms with Crippen LogP contribution in [0.3, 0.4) is 0 Å². The number of hydrogen-bond acceptors (Lipinski definition) is 6. The zero-order chi connectivity index (χ0) is 22.1. The van der Waals surface area contributed by atoms with Gasteiger partial charge >= 0.3 is 0 Å². The number of benzene rings is 2. The lowest BCUT2D eigenvalue weighted by molar-refractivity contribution is 0.0684. The van der Waals surface area contributed by atoms with Gasteiger partial charge in [-0.1, -0.05) is 28.9 Å². The first kappa shape index (κ1) is 21.2. The number of aliphatic hydroxyl groups is 1. The third-order valence-electron chi connectivity index (χ3n) is 5.46. The van der Waals surface area contributed by atoms with Crippen LogP contribution in [0.25, 0.3) is 11.3 Å². The van der Waals surface area contributed by atoms with Crippen molar-refractivity contribution in [1.82, 2.24) is 10.1 Å². The lowest BCUT2D eigenvalue weighted by atomic mass is 9.97. The van der Waals surface area contributed by atoms with E-state index in [1.165, 1.54) is 0 Å². The number of hydrogen-bond donors (Lipinski definition) is 1. The number of aromatic nitrogens is 1. The van der Waals surface area contributed by atoms with Crippen LogP contribution in [0.15, 0.2) is 40.9 Å². The number of halogens is 1. The van der Waals surface area contributed by atoms with Crippen LogP contribution in [-0.4, -0.2) is 41.8 Å². The van der Waals surface area contributed by atoms with E-state index in [9.17, 15) is 9.90 Å². The minimum absolute atomic E-state index is 0.0453. The summed E-state index contributed by atoms with van der Waals surface area (Å²) >= 11 is 5.97. The molecule has 2 heterocycles. The van der Waals surface area contributed by atoms with Gasteiger partial charge in [-0.15, -0.1) is 0 Å². The molecule has 1 atom stereocenters. The minimum atomic E-state index is -0.933. The summed E-state index contributed by atoms with van der Waals surface area (Å²) in [6.07, 6.45) is -0.263. The number of amides is 1. The number of nitrogens with zero attached hydrogens (tertiary/aromatic N) is 2. The Labute approximate surface area is 185 Å². The van der Waals surface area contributed by atoms with Crippen molar-refractivity contribution in [3.63, 3.8) is 0 Å². The van der Waals surface area contributed by atoms with Crippen LogP contribution in [-0.2, 0) is 13.0 Å². The molecule has 8 heteroatoms. The van der Waals surface area contributed by atoms with Crippen molar-refractivity contribution in [3.05, 3.63) is 63.9 Å². The van der Waals surface area contributed by atoms with E-state index in [-0.39, 0.29) is 11.7 Å². The maximum absolute atomic E-state index is 13.3. The monoisotopic (exact) mass is 442 g/mol. The van der Waals surface area contributed by atoms with Crippen molar-refractivity contribution in [2.24, 2.45) is 0 Å². The van der Waals surface area contributed by atoms with Crippen molar-refractivity contribution in [2.45, 2.75) is 26.0 Å². The molecular formula is C23H23ClN2O5. The summed E-state index contributed by atoms with van der Waals surface area (Å²) in [6.45, 7) is 2.49. The van der Waals surface area contributed by atoms with Crippen LogP contribution in [0.1, 0.15) is 40.3 Å². The van der Waals surface area contributed by atoms with E-state index >= 15 is 0 Å². The van der Waals surface area contributed by atoms with Gasteiger partial charge in [0.15, 0.2) is 11.5 Å². The third kappa shape index (κ3) is 3.98. The number of aliphatic hydroxyl groups excluding tert-OH is 1. The fraction of sp³-hybridized carbons (Fsp3) is 0.304. The number of rotatable bonds is 5. The van der Waals surface area contributed by atoms with Gasteiger partial charge < -0.3 is 24.0 Å². The first-order valence-corrected chi connectivity index (χ1v) is 10.3. The molecule has 0 spiro atoms. The van der Waals surface area contributed by atoms with Crippen molar-refractivity contribution in [1.29, 1.82) is 0 Å². The van der Waals surface area contributed by atoms with E-state index in [1.807, 2.05) is 12.1 Å². The molecule has 1 amide bonds. The highest BCUT2D eigenvalue weighted by Crippen LogP contribution is 2.35. The van der Waals surface area contributed by atoms with Gasteiger partial charge in [0.1, 0.15) is 5.69 Å². The number of ether oxygens (including phenoxy) is 2. The van der Waals surface area contributed by atoms with Crippen LogP contribution >= 0.6 is 11.6 Å². The van der Waals surface area contributed by atoms with Gasteiger partial charge in [0.25, 0.3) is 5.91 Å². The molecule has 162 valence electrons. The van der Waals surface area contributed by atoms with Crippen LogP contribution in [0.4, 0.5) is 0 Å². The second-order valence-corrected chi connectivity index (χ2v) is 7.85. The lowest BCUT2D eigenvalue weighted by Gasteiger charge is -2.29. The normalized spacial score (nSPS) is 14.2. The molecule has 7 nitrogen and oxygen atoms in total. The summed E-state index contributed by atoms with van der Waals surface area (Å²) in [6, 6.07) is 10.8. The van der Waals surface area contributed by atoms with Crippen LogP contribution in [0, 0.1) is 0 Å². The highest BCUT2D eigenvalue weighted by molar-refractivity contribution is 6.30. The van der Waals surface area contributed by atoms with E-state index in [0.717, 1.165) is 11.1 Å². The number of methoxy groups -OCH3 is 2. The minimum Gasteiger partial charge on any atom is -0.493 e. The molecule has 31 heavy (non-hydrogen) atoms. The van der Waals surface area contributed by atoms with Gasteiger partial charge in [-0.05, 0) is 48.7 Å². The quantitative estimate of drug-likeness (QED) is 0.635. The van der Waals surface area contributed by atoms with Crippen LogP contribution in [0.5, 0.6) is 11.5 Å². The maximum Gasteiger partial charge on any atom is 0.293 e. The van der Waals surface area contributed by atoms with Gasteiger partial charge in [0.05, 0.1) is 25.9 Å². The van der Waals surface area contributed by atoms with Gasteiger partial charge in [-0.25, -0.2) is 0 Å². The van der Waals surface area contributed by atoms with Crippen LogP contribution in [0.2, 0.25) is 5.02 Å². The molecule has 2 aromatic carbocycles. The Morgan fingerprint density at radius 1 is 1.16 bits per heavy atom. The SMILES string of the molecule is COc1cc2c(cc1OC)CN(C(=O)c1onc(-c3ccc(Cl)cc3)c1[C@H](C)O)CC2. The fourth-order valence-electron chi connectivity index (χ4n) is 3.86. The molecule has 4 rings (SSSR count). The summed E-state index contributed by atoms with van der Waals surface area (Å²) < 4.78 is 16.2. The molecule has 0 saturated carbocycles. The summed E-state index contributed by atoms with van der Waals surface area (Å²) in [5, 5.41) is 15.1. The number of fused-ring (bicyclic) bond motifs is 1. The topological polar surface area (TPSA) is 85.0 Å². The molecule has 3 aromatic rings.